The lowest BCUT2D eigenvalue weighted by Crippen LogP contribution is -2.48. The zero-order chi connectivity index (χ0) is 19.5. The highest BCUT2D eigenvalue weighted by Crippen LogP contribution is 2.34. The molecule has 2 aromatic rings. The Bertz CT molecular complexity index is 676. The molecule has 1 amide bonds. The number of nitrogens with one attached hydrogen (secondary N) is 1. The summed E-state index contributed by atoms with van der Waals surface area (Å²) in [4.78, 5) is 24.0. The van der Waals surface area contributed by atoms with Gasteiger partial charge < -0.3 is 15.2 Å². The van der Waals surface area contributed by atoms with Crippen molar-refractivity contribution < 1.29 is 19.4 Å². The number of hydrogen-bond donors (Lipinski definition) is 2. The normalized spacial score (nSPS) is 11.1. The molecule has 5 nitrogen and oxygen atoms in total. The SMILES string of the molecule is CCCCOC(C(=O)NCCCC(=O)O)(c1ccccc1)c1ccccc1. The van der Waals surface area contributed by atoms with Gasteiger partial charge >= 0.3 is 5.97 Å². The topological polar surface area (TPSA) is 75.6 Å². The van der Waals surface area contributed by atoms with E-state index in [0.717, 1.165) is 24.0 Å². The van der Waals surface area contributed by atoms with Crippen molar-refractivity contribution in [1.29, 1.82) is 0 Å². The first-order chi connectivity index (χ1) is 13.1. The number of rotatable bonds is 11. The third-order valence-corrected chi connectivity index (χ3v) is 4.35. The summed E-state index contributed by atoms with van der Waals surface area (Å²) < 4.78 is 6.25. The van der Waals surface area contributed by atoms with Gasteiger partial charge in [-0.1, -0.05) is 74.0 Å². The summed E-state index contributed by atoms with van der Waals surface area (Å²) in [5, 5.41) is 11.7. The fraction of sp³-hybridized carbons (Fsp3) is 0.364. The van der Waals surface area contributed by atoms with E-state index in [4.69, 9.17) is 9.84 Å². The summed E-state index contributed by atoms with van der Waals surface area (Å²) in [6, 6.07) is 18.9. The van der Waals surface area contributed by atoms with E-state index in [9.17, 15) is 9.59 Å². The average molecular weight is 369 g/mol. The molecule has 0 unspecified atom stereocenters. The molecular weight excluding hydrogens is 342 g/mol. The van der Waals surface area contributed by atoms with Crippen LogP contribution in [-0.2, 0) is 19.9 Å². The molecule has 5 heteroatoms. The van der Waals surface area contributed by atoms with Gasteiger partial charge in [0.25, 0.3) is 5.91 Å². The fourth-order valence-corrected chi connectivity index (χ4v) is 2.94. The maximum absolute atomic E-state index is 13.3. The number of carboxylic acids is 1. The smallest absolute Gasteiger partial charge is 0.303 e. The molecule has 0 spiro atoms. The van der Waals surface area contributed by atoms with E-state index in [-0.39, 0.29) is 18.9 Å². The minimum Gasteiger partial charge on any atom is -0.481 e. The zero-order valence-electron chi connectivity index (χ0n) is 15.7. The predicted molar refractivity (Wildman–Crippen MR) is 104 cm³/mol. The Balaban J connectivity index is 2.38. The Kier molecular flexibility index (Phi) is 8.01. The third kappa shape index (κ3) is 5.41. The highest BCUT2D eigenvalue weighted by atomic mass is 16.5. The number of unbranched alkanes of at least 4 members (excludes halogenated alkanes) is 1. The number of aliphatic carboxylic acids is 1. The van der Waals surface area contributed by atoms with Gasteiger partial charge in [0.2, 0.25) is 0 Å². The minimum absolute atomic E-state index is 0.0145. The van der Waals surface area contributed by atoms with E-state index in [0.29, 0.717) is 13.0 Å². The maximum Gasteiger partial charge on any atom is 0.303 e. The van der Waals surface area contributed by atoms with Crippen LogP contribution in [0.25, 0.3) is 0 Å². The van der Waals surface area contributed by atoms with Crippen LogP contribution in [0.2, 0.25) is 0 Å². The lowest BCUT2D eigenvalue weighted by atomic mass is 9.85. The molecule has 144 valence electrons. The van der Waals surface area contributed by atoms with E-state index < -0.39 is 11.6 Å². The van der Waals surface area contributed by atoms with E-state index in [1.165, 1.54) is 0 Å². The van der Waals surface area contributed by atoms with Gasteiger partial charge in [0, 0.05) is 19.6 Å². The summed E-state index contributed by atoms with van der Waals surface area (Å²) in [6.45, 7) is 2.80. The Labute approximate surface area is 160 Å². The van der Waals surface area contributed by atoms with Crippen molar-refractivity contribution in [2.24, 2.45) is 0 Å². The number of carbonyl (C=O) groups is 2. The summed E-state index contributed by atoms with van der Waals surface area (Å²) in [7, 11) is 0. The Hall–Kier alpha value is -2.66. The van der Waals surface area contributed by atoms with E-state index in [1.54, 1.807) is 0 Å². The Morgan fingerprint density at radius 2 is 1.52 bits per heavy atom. The average Bonchev–Trinajstić information content (AvgIpc) is 2.70. The summed E-state index contributed by atoms with van der Waals surface area (Å²) in [5.41, 5.74) is 0.243. The monoisotopic (exact) mass is 369 g/mol. The van der Waals surface area contributed by atoms with E-state index in [2.05, 4.69) is 12.2 Å². The van der Waals surface area contributed by atoms with Crippen molar-refractivity contribution in [3.8, 4) is 0 Å². The van der Waals surface area contributed by atoms with Crippen LogP contribution in [0, 0.1) is 0 Å². The van der Waals surface area contributed by atoms with Crippen LogP contribution in [0.3, 0.4) is 0 Å². The van der Waals surface area contributed by atoms with Crippen molar-refractivity contribution in [2.75, 3.05) is 13.2 Å². The van der Waals surface area contributed by atoms with Gasteiger partial charge in [-0.15, -0.1) is 0 Å². The molecule has 2 rings (SSSR count). The Morgan fingerprint density at radius 1 is 0.963 bits per heavy atom. The van der Waals surface area contributed by atoms with Gasteiger partial charge in [-0.05, 0) is 24.0 Å². The fourth-order valence-electron chi connectivity index (χ4n) is 2.94. The van der Waals surface area contributed by atoms with Crippen molar-refractivity contribution in [2.45, 2.75) is 38.2 Å². The maximum atomic E-state index is 13.3. The van der Waals surface area contributed by atoms with Crippen LogP contribution >= 0.6 is 0 Å². The molecule has 0 atom stereocenters. The van der Waals surface area contributed by atoms with Crippen LogP contribution in [0.5, 0.6) is 0 Å². The van der Waals surface area contributed by atoms with Crippen molar-refractivity contribution in [3.63, 3.8) is 0 Å². The highest BCUT2D eigenvalue weighted by molar-refractivity contribution is 5.90. The molecule has 0 aliphatic rings. The Morgan fingerprint density at radius 3 is 2.00 bits per heavy atom. The lowest BCUT2D eigenvalue weighted by Gasteiger charge is -2.33. The molecule has 0 radical (unpaired) electrons. The molecular formula is C22H27NO4. The van der Waals surface area contributed by atoms with Crippen LogP contribution < -0.4 is 5.32 Å². The summed E-state index contributed by atoms with van der Waals surface area (Å²) in [6.07, 6.45) is 2.18. The molecule has 2 aromatic carbocycles. The second-order valence-corrected chi connectivity index (χ2v) is 6.37. The number of benzene rings is 2. The number of carbonyl (C=O) groups excluding carboxylic acids is 1. The van der Waals surface area contributed by atoms with E-state index >= 15 is 0 Å². The van der Waals surface area contributed by atoms with Gasteiger partial charge in [0.05, 0.1) is 0 Å². The van der Waals surface area contributed by atoms with Crippen LogP contribution in [0.1, 0.15) is 43.7 Å². The summed E-state index contributed by atoms with van der Waals surface area (Å²) >= 11 is 0. The molecule has 0 aliphatic heterocycles. The van der Waals surface area contributed by atoms with E-state index in [1.807, 2.05) is 60.7 Å². The van der Waals surface area contributed by atoms with Crippen LogP contribution in [-0.4, -0.2) is 30.1 Å². The molecule has 0 saturated heterocycles. The first-order valence-electron chi connectivity index (χ1n) is 9.36. The molecule has 0 bridgehead atoms. The lowest BCUT2D eigenvalue weighted by molar-refractivity contribution is -0.144. The molecule has 0 fully saturated rings. The van der Waals surface area contributed by atoms with Crippen LogP contribution in [0.4, 0.5) is 0 Å². The van der Waals surface area contributed by atoms with Crippen molar-refractivity contribution in [3.05, 3.63) is 71.8 Å². The quantitative estimate of drug-likeness (QED) is 0.592. The first-order valence-corrected chi connectivity index (χ1v) is 9.36. The minimum atomic E-state index is -1.26. The van der Waals surface area contributed by atoms with Gasteiger partial charge in [-0.25, -0.2) is 0 Å². The second kappa shape index (κ2) is 10.5. The zero-order valence-corrected chi connectivity index (χ0v) is 15.7. The van der Waals surface area contributed by atoms with Gasteiger partial charge in [-0.2, -0.15) is 0 Å². The highest BCUT2D eigenvalue weighted by Gasteiger charge is 2.43. The predicted octanol–water partition coefficient (Wildman–Crippen LogP) is 3.73. The number of hydrogen-bond acceptors (Lipinski definition) is 3. The van der Waals surface area contributed by atoms with Crippen molar-refractivity contribution in [1.82, 2.24) is 5.32 Å². The standard InChI is InChI=1S/C22H27NO4/c1-2-3-17-27-22(18-11-6-4-7-12-18,19-13-8-5-9-14-19)21(26)23-16-10-15-20(24)25/h4-9,11-14H,2-3,10,15-17H2,1H3,(H,23,26)(H,24,25). The number of carboxylic acid groups (broad SMARTS) is 1. The third-order valence-electron chi connectivity index (χ3n) is 4.35. The molecule has 0 aliphatic carbocycles. The van der Waals surface area contributed by atoms with Crippen molar-refractivity contribution >= 4 is 11.9 Å². The molecule has 0 heterocycles. The summed E-state index contributed by atoms with van der Waals surface area (Å²) in [5.74, 6) is -1.15. The molecule has 0 saturated carbocycles. The largest absolute Gasteiger partial charge is 0.481 e. The first kappa shape index (κ1) is 20.6. The molecule has 0 aromatic heterocycles. The second-order valence-electron chi connectivity index (χ2n) is 6.37. The molecule has 27 heavy (non-hydrogen) atoms. The number of amides is 1. The number of ether oxygens (including phenoxy) is 1. The van der Waals surface area contributed by atoms with Gasteiger partial charge in [0.1, 0.15) is 0 Å². The van der Waals surface area contributed by atoms with Gasteiger partial charge in [0.15, 0.2) is 5.60 Å². The molecule has 2 N–H and O–H groups in total. The van der Waals surface area contributed by atoms with Gasteiger partial charge in [-0.3, -0.25) is 9.59 Å². The van der Waals surface area contributed by atoms with Crippen LogP contribution in [0.15, 0.2) is 60.7 Å².